The topological polar surface area (TPSA) is 49.9 Å². The van der Waals surface area contributed by atoms with Gasteiger partial charge in [0, 0.05) is 21.9 Å². The number of nitrogens with one attached hydrogen (secondary N) is 1. The van der Waals surface area contributed by atoms with E-state index in [-0.39, 0.29) is 0 Å². The van der Waals surface area contributed by atoms with Crippen LogP contribution in [0.4, 0.5) is 5.69 Å². The molecule has 0 heterocycles. The maximum absolute atomic E-state index is 7.03. The minimum Gasteiger partial charge on any atom is -0.398 e. The Morgan fingerprint density at radius 2 is 1.92 bits per heavy atom. The van der Waals surface area contributed by atoms with Crippen LogP contribution in [0.15, 0.2) is 16.6 Å². The number of halogens is 1. The van der Waals surface area contributed by atoms with Gasteiger partial charge in [0.15, 0.2) is 0 Å². The monoisotopic (exact) mass is 242 g/mol. The molecular weight excluding hydrogens is 228 g/mol. The standard InChI is InChI=1S/C8H9BrN2.C2H6/c1-5-2-8(11)6(4-10)3-7(5)9;1-2/h2-4,10H,11H2,1H3;1-2H3. The Bertz CT molecular complexity index is 295. The van der Waals surface area contributed by atoms with Crippen LogP contribution in [0, 0.1) is 12.3 Å². The Kier molecular flexibility index (Phi) is 5.39. The second-order valence-electron chi connectivity index (χ2n) is 2.37. The van der Waals surface area contributed by atoms with Gasteiger partial charge in [-0.15, -0.1) is 0 Å². The zero-order chi connectivity index (χ0) is 10.4. The van der Waals surface area contributed by atoms with E-state index >= 15 is 0 Å². The van der Waals surface area contributed by atoms with E-state index in [0.717, 1.165) is 15.6 Å². The highest BCUT2D eigenvalue weighted by Gasteiger charge is 1.99. The number of nitrogen functional groups attached to an aromatic ring is 1. The van der Waals surface area contributed by atoms with Crippen molar-refractivity contribution in [3.8, 4) is 0 Å². The molecule has 2 nitrogen and oxygen atoms in total. The fourth-order valence-electron chi connectivity index (χ4n) is 0.844. The van der Waals surface area contributed by atoms with Gasteiger partial charge in [0.2, 0.25) is 0 Å². The van der Waals surface area contributed by atoms with Gasteiger partial charge >= 0.3 is 0 Å². The van der Waals surface area contributed by atoms with Gasteiger partial charge in [0.1, 0.15) is 0 Å². The first-order valence-corrected chi connectivity index (χ1v) is 5.00. The van der Waals surface area contributed by atoms with E-state index in [1.165, 1.54) is 6.21 Å². The Morgan fingerprint density at radius 1 is 1.38 bits per heavy atom. The third-order valence-corrected chi connectivity index (χ3v) is 2.37. The van der Waals surface area contributed by atoms with Crippen molar-refractivity contribution in [2.24, 2.45) is 0 Å². The third kappa shape index (κ3) is 3.19. The number of benzene rings is 1. The maximum Gasteiger partial charge on any atom is 0.0406 e. The Morgan fingerprint density at radius 3 is 2.38 bits per heavy atom. The van der Waals surface area contributed by atoms with Gasteiger partial charge in [0.25, 0.3) is 0 Å². The van der Waals surface area contributed by atoms with Gasteiger partial charge in [-0.3, -0.25) is 0 Å². The van der Waals surface area contributed by atoms with E-state index in [1.54, 1.807) is 0 Å². The molecule has 13 heavy (non-hydrogen) atoms. The van der Waals surface area contributed by atoms with Crippen molar-refractivity contribution in [1.82, 2.24) is 0 Å². The largest absolute Gasteiger partial charge is 0.398 e. The molecule has 1 aromatic rings. The molecule has 0 bridgehead atoms. The lowest BCUT2D eigenvalue weighted by atomic mass is 10.1. The van der Waals surface area contributed by atoms with Crippen molar-refractivity contribution in [2.75, 3.05) is 5.73 Å². The lowest BCUT2D eigenvalue weighted by molar-refractivity contribution is 1.42. The van der Waals surface area contributed by atoms with Crippen molar-refractivity contribution in [3.63, 3.8) is 0 Å². The molecule has 0 aliphatic heterocycles. The quantitative estimate of drug-likeness (QED) is 0.576. The van der Waals surface area contributed by atoms with Gasteiger partial charge in [-0.05, 0) is 24.6 Å². The molecule has 0 saturated heterocycles. The lowest BCUT2D eigenvalue weighted by Gasteiger charge is -2.02. The highest BCUT2D eigenvalue weighted by Crippen LogP contribution is 2.21. The summed E-state index contributed by atoms with van der Waals surface area (Å²) in [4.78, 5) is 0. The molecule has 0 aliphatic carbocycles. The van der Waals surface area contributed by atoms with E-state index in [0.29, 0.717) is 5.69 Å². The maximum atomic E-state index is 7.03. The molecule has 72 valence electrons. The van der Waals surface area contributed by atoms with E-state index in [9.17, 15) is 0 Å². The summed E-state index contributed by atoms with van der Waals surface area (Å²) in [7, 11) is 0. The zero-order valence-corrected chi connectivity index (χ0v) is 9.77. The summed E-state index contributed by atoms with van der Waals surface area (Å²) in [5.74, 6) is 0. The number of hydrogen-bond donors (Lipinski definition) is 2. The molecular formula is C10H15BrN2. The number of aryl methyl sites for hydroxylation is 1. The number of hydrogen-bond acceptors (Lipinski definition) is 2. The normalized spacial score (nSPS) is 8.62. The van der Waals surface area contributed by atoms with Crippen LogP contribution in [0.25, 0.3) is 0 Å². The molecule has 1 aromatic carbocycles. The SMILES string of the molecule is CC.Cc1cc(N)c(C=N)cc1Br. The molecule has 0 unspecified atom stereocenters. The molecule has 1 rings (SSSR count). The predicted octanol–water partition coefficient (Wildman–Crippen LogP) is 3.36. The molecule has 3 N–H and O–H groups in total. The summed E-state index contributed by atoms with van der Waals surface area (Å²) in [6.45, 7) is 5.97. The van der Waals surface area contributed by atoms with Crippen LogP contribution in [0.2, 0.25) is 0 Å². The van der Waals surface area contributed by atoms with Gasteiger partial charge in [0.05, 0.1) is 0 Å². The summed E-state index contributed by atoms with van der Waals surface area (Å²) in [6.07, 6.45) is 1.25. The molecule has 3 heteroatoms. The van der Waals surface area contributed by atoms with Crippen LogP contribution < -0.4 is 5.73 Å². The molecule has 0 atom stereocenters. The summed E-state index contributed by atoms with van der Waals surface area (Å²) in [6, 6.07) is 3.70. The first-order valence-electron chi connectivity index (χ1n) is 4.21. The van der Waals surface area contributed by atoms with Crippen LogP contribution in [0.5, 0.6) is 0 Å². The minimum absolute atomic E-state index is 0.653. The predicted molar refractivity (Wildman–Crippen MR) is 62.5 cm³/mol. The van der Waals surface area contributed by atoms with Crippen LogP contribution in [0.3, 0.4) is 0 Å². The Balaban J connectivity index is 0.000000671. The highest BCUT2D eigenvalue weighted by molar-refractivity contribution is 9.10. The van der Waals surface area contributed by atoms with Crippen LogP contribution in [0.1, 0.15) is 25.0 Å². The second kappa shape index (κ2) is 5.75. The van der Waals surface area contributed by atoms with Crippen LogP contribution in [-0.4, -0.2) is 6.21 Å². The summed E-state index contributed by atoms with van der Waals surface area (Å²) in [5, 5.41) is 7.03. The van der Waals surface area contributed by atoms with Crippen LogP contribution in [-0.2, 0) is 0 Å². The summed E-state index contributed by atoms with van der Waals surface area (Å²) >= 11 is 3.36. The first-order chi connectivity index (χ1) is 6.15. The van der Waals surface area contributed by atoms with Crippen LogP contribution >= 0.6 is 15.9 Å². The van der Waals surface area contributed by atoms with E-state index < -0.39 is 0 Å². The smallest absolute Gasteiger partial charge is 0.0406 e. The van der Waals surface area contributed by atoms with E-state index in [1.807, 2.05) is 32.9 Å². The average Bonchev–Trinajstić information content (AvgIpc) is 2.15. The average molecular weight is 243 g/mol. The molecule has 0 aliphatic rings. The van der Waals surface area contributed by atoms with Gasteiger partial charge in [-0.25, -0.2) is 0 Å². The van der Waals surface area contributed by atoms with Crippen molar-refractivity contribution in [3.05, 3.63) is 27.7 Å². The molecule has 0 aromatic heterocycles. The minimum atomic E-state index is 0.653. The summed E-state index contributed by atoms with van der Waals surface area (Å²) < 4.78 is 0.991. The van der Waals surface area contributed by atoms with Gasteiger partial charge in [-0.2, -0.15) is 0 Å². The Hall–Kier alpha value is -0.830. The Labute approximate surface area is 87.8 Å². The first kappa shape index (κ1) is 12.2. The summed E-state index contributed by atoms with van der Waals surface area (Å²) in [5.41, 5.74) is 8.13. The third-order valence-electron chi connectivity index (χ3n) is 1.52. The van der Waals surface area contributed by atoms with E-state index in [2.05, 4.69) is 15.9 Å². The number of nitrogens with two attached hydrogens (primary N) is 1. The molecule has 0 spiro atoms. The molecule has 0 fully saturated rings. The fraction of sp³-hybridized carbons (Fsp3) is 0.300. The van der Waals surface area contributed by atoms with Crippen molar-refractivity contribution in [1.29, 1.82) is 5.41 Å². The number of anilines is 1. The van der Waals surface area contributed by atoms with Crippen molar-refractivity contribution < 1.29 is 0 Å². The number of rotatable bonds is 1. The molecule has 0 saturated carbocycles. The molecule has 0 radical (unpaired) electrons. The van der Waals surface area contributed by atoms with Crippen molar-refractivity contribution >= 4 is 27.8 Å². The van der Waals surface area contributed by atoms with Gasteiger partial charge in [-0.1, -0.05) is 29.8 Å². The fourth-order valence-corrected chi connectivity index (χ4v) is 1.21. The lowest BCUT2D eigenvalue weighted by Crippen LogP contribution is -1.93. The zero-order valence-electron chi connectivity index (χ0n) is 8.19. The molecule has 0 amide bonds. The highest BCUT2D eigenvalue weighted by atomic mass is 79.9. The van der Waals surface area contributed by atoms with Crippen molar-refractivity contribution in [2.45, 2.75) is 20.8 Å². The van der Waals surface area contributed by atoms with Gasteiger partial charge < -0.3 is 11.1 Å². The second-order valence-corrected chi connectivity index (χ2v) is 3.23. The van der Waals surface area contributed by atoms with E-state index in [4.69, 9.17) is 11.1 Å².